The van der Waals surface area contributed by atoms with Crippen LogP contribution in [0.3, 0.4) is 0 Å². The highest BCUT2D eigenvalue weighted by atomic mass is 16.3. The van der Waals surface area contributed by atoms with Gasteiger partial charge in [0.05, 0.1) is 17.5 Å². The molecule has 0 aromatic carbocycles. The van der Waals surface area contributed by atoms with Crippen LogP contribution in [0.2, 0.25) is 0 Å². The third kappa shape index (κ3) is 2.40. The van der Waals surface area contributed by atoms with Crippen LogP contribution in [0.5, 0.6) is 0 Å². The van der Waals surface area contributed by atoms with E-state index in [1.165, 1.54) is 0 Å². The van der Waals surface area contributed by atoms with Gasteiger partial charge in [0.1, 0.15) is 5.65 Å². The van der Waals surface area contributed by atoms with Crippen LogP contribution in [0.25, 0.3) is 5.65 Å². The van der Waals surface area contributed by atoms with E-state index in [9.17, 15) is 5.11 Å². The number of fused-ring (bicyclic) bond motifs is 1. The van der Waals surface area contributed by atoms with Crippen LogP contribution >= 0.6 is 0 Å². The Kier molecular flexibility index (Phi) is 3.41. The fourth-order valence-corrected chi connectivity index (χ4v) is 1.84. The van der Waals surface area contributed by atoms with Gasteiger partial charge in [-0.25, -0.2) is 4.98 Å². The number of aliphatic hydroxyl groups is 1. The van der Waals surface area contributed by atoms with Crippen molar-refractivity contribution >= 4 is 5.65 Å². The maximum Gasteiger partial charge on any atom is 0.137 e. The largest absolute Gasteiger partial charge is 0.392 e. The number of aliphatic hydroxyl groups excluding tert-OH is 1. The van der Waals surface area contributed by atoms with Crippen LogP contribution in [0.15, 0.2) is 24.4 Å². The van der Waals surface area contributed by atoms with Crippen LogP contribution < -0.4 is 5.32 Å². The first-order valence-electron chi connectivity index (χ1n) is 6.27. The van der Waals surface area contributed by atoms with Crippen LogP contribution in [0.4, 0.5) is 0 Å². The third-order valence-corrected chi connectivity index (χ3v) is 3.58. The van der Waals surface area contributed by atoms with E-state index >= 15 is 0 Å². The molecule has 0 radical (unpaired) electrons. The Morgan fingerprint density at radius 2 is 2.17 bits per heavy atom. The molecule has 0 spiro atoms. The predicted octanol–water partition coefficient (Wildman–Crippen LogP) is 1.89. The van der Waals surface area contributed by atoms with Gasteiger partial charge >= 0.3 is 0 Å². The minimum atomic E-state index is -0.406. The average Bonchev–Trinajstić information content (AvgIpc) is 2.62. The third-order valence-electron chi connectivity index (χ3n) is 3.58. The predicted molar refractivity (Wildman–Crippen MR) is 72.5 cm³/mol. The second kappa shape index (κ2) is 4.71. The summed E-state index contributed by atoms with van der Waals surface area (Å²) in [6.07, 6.45) is 1.61. The molecular weight excluding hydrogens is 226 g/mol. The van der Waals surface area contributed by atoms with Crippen LogP contribution in [0, 0.1) is 6.92 Å². The SMILES string of the molecule is Cc1nc2ccccn2c1CNC(C)(C)C(C)O. The number of hydrogen-bond donors (Lipinski definition) is 2. The van der Waals surface area contributed by atoms with E-state index < -0.39 is 6.10 Å². The van der Waals surface area contributed by atoms with Crippen molar-refractivity contribution in [2.45, 2.75) is 45.9 Å². The Morgan fingerprint density at radius 1 is 1.44 bits per heavy atom. The van der Waals surface area contributed by atoms with Gasteiger partial charge < -0.3 is 14.8 Å². The lowest BCUT2D eigenvalue weighted by atomic mass is 9.99. The molecule has 2 rings (SSSR count). The number of pyridine rings is 1. The summed E-state index contributed by atoms with van der Waals surface area (Å²) in [4.78, 5) is 4.52. The van der Waals surface area contributed by atoms with Crippen molar-refractivity contribution in [1.29, 1.82) is 0 Å². The minimum absolute atomic E-state index is 0.314. The number of nitrogens with one attached hydrogen (secondary N) is 1. The molecule has 98 valence electrons. The molecule has 0 aliphatic rings. The second-order valence-corrected chi connectivity index (χ2v) is 5.32. The molecule has 2 aromatic heterocycles. The molecule has 1 atom stereocenters. The van der Waals surface area contributed by atoms with Crippen molar-refractivity contribution in [2.75, 3.05) is 0 Å². The average molecular weight is 247 g/mol. The van der Waals surface area contributed by atoms with Gasteiger partial charge in [0.15, 0.2) is 0 Å². The highest BCUT2D eigenvalue weighted by molar-refractivity contribution is 5.42. The first kappa shape index (κ1) is 13.1. The fraction of sp³-hybridized carbons (Fsp3) is 0.500. The van der Waals surface area contributed by atoms with Crippen molar-refractivity contribution in [3.63, 3.8) is 0 Å². The van der Waals surface area contributed by atoms with E-state index in [2.05, 4.69) is 14.7 Å². The van der Waals surface area contributed by atoms with Crippen LogP contribution in [0.1, 0.15) is 32.2 Å². The number of rotatable bonds is 4. The molecule has 2 heterocycles. The molecule has 0 saturated heterocycles. The Hall–Kier alpha value is -1.39. The molecule has 0 saturated carbocycles. The fourth-order valence-electron chi connectivity index (χ4n) is 1.84. The topological polar surface area (TPSA) is 49.6 Å². The lowest BCUT2D eigenvalue weighted by molar-refractivity contribution is 0.0953. The molecule has 18 heavy (non-hydrogen) atoms. The summed E-state index contributed by atoms with van der Waals surface area (Å²) in [5.41, 5.74) is 2.81. The van der Waals surface area contributed by atoms with Gasteiger partial charge in [0, 0.05) is 18.3 Å². The van der Waals surface area contributed by atoms with E-state index in [0.29, 0.717) is 6.54 Å². The molecule has 0 aliphatic carbocycles. The van der Waals surface area contributed by atoms with Crippen LogP contribution in [-0.4, -0.2) is 26.1 Å². The van der Waals surface area contributed by atoms with E-state index in [0.717, 1.165) is 17.0 Å². The van der Waals surface area contributed by atoms with E-state index in [4.69, 9.17) is 0 Å². The van der Waals surface area contributed by atoms with Gasteiger partial charge in [-0.05, 0) is 39.8 Å². The van der Waals surface area contributed by atoms with Crippen molar-refractivity contribution in [1.82, 2.24) is 14.7 Å². The zero-order chi connectivity index (χ0) is 13.3. The normalized spacial score (nSPS) is 14.1. The number of nitrogens with zero attached hydrogens (tertiary/aromatic N) is 2. The van der Waals surface area contributed by atoms with E-state index in [1.807, 2.05) is 45.2 Å². The number of aryl methyl sites for hydroxylation is 1. The van der Waals surface area contributed by atoms with Gasteiger partial charge in [-0.3, -0.25) is 0 Å². The lowest BCUT2D eigenvalue weighted by Crippen LogP contribution is -2.47. The van der Waals surface area contributed by atoms with E-state index in [-0.39, 0.29) is 5.54 Å². The first-order valence-corrected chi connectivity index (χ1v) is 6.27. The zero-order valence-electron chi connectivity index (χ0n) is 11.4. The van der Waals surface area contributed by atoms with Crippen LogP contribution in [-0.2, 0) is 6.54 Å². The van der Waals surface area contributed by atoms with Gasteiger partial charge in [0.25, 0.3) is 0 Å². The molecule has 1 unspecified atom stereocenters. The van der Waals surface area contributed by atoms with Gasteiger partial charge in [-0.15, -0.1) is 0 Å². The summed E-state index contributed by atoms with van der Waals surface area (Å²) in [6, 6.07) is 5.98. The second-order valence-electron chi connectivity index (χ2n) is 5.32. The zero-order valence-corrected chi connectivity index (χ0v) is 11.4. The minimum Gasteiger partial charge on any atom is -0.392 e. The summed E-state index contributed by atoms with van der Waals surface area (Å²) in [6.45, 7) is 8.50. The van der Waals surface area contributed by atoms with E-state index in [1.54, 1.807) is 6.92 Å². The summed E-state index contributed by atoms with van der Waals surface area (Å²) in [5, 5.41) is 13.1. The lowest BCUT2D eigenvalue weighted by Gasteiger charge is -2.29. The quantitative estimate of drug-likeness (QED) is 0.867. The van der Waals surface area contributed by atoms with Gasteiger partial charge in [-0.2, -0.15) is 0 Å². The van der Waals surface area contributed by atoms with Crippen molar-refractivity contribution < 1.29 is 5.11 Å². The molecule has 4 nitrogen and oxygen atoms in total. The first-order chi connectivity index (χ1) is 8.42. The molecule has 2 aromatic rings. The Balaban J connectivity index is 2.25. The maximum atomic E-state index is 9.71. The Labute approximate surface area is 108 Å². The standard InChI is InChI=1S/C14H21N3O/c1-10-12(9-15-14(3,4)11(2)18)17-8-6-5-7-13(17)16-10/h5-8,11,15,18H,9H2,1-4H3. The number of aromatic nitrogens is 2. The maximum absolute atomic E-state index is 9.71. The smallest absolute Gasteiger partial charge is 0.137 e. The molecule has 0 fully saturated rings. The molecule has 0 bridgehead atoms. The molecular formula is C14H21N3O. The van der Waals surface area contributed by atoms with Crippen molar-refractivity contribution in [3.05, 3.63) is 35.8 Å². The number of imidazole rings is 1. The molecule has 0 aliphatic heterocycles. The molecule has 4 heteroatoms. The summed E-state index contributed by atoms with van der Waals surface area (Å²) >= 11 is 0. The molecule has 2 N–H and O–H groups in total. The number of hydrogen-bond acceptors (Lipinski definition) is 3. The Bertz CT molecular complexity index is 543. The monoisotopic (exact) mass is 247 g/mol. The van der Waals surface area contributed by atoms with Gasteiger partial charge in [0.2, 0.25) is 0 Å². The summed E-state index contributed by atoms with van der Waals surface area (Å²) in [5.74, 6) is 0. The van der Waals surface area contributed by atoms with Crippen molar-refractivity contribution in [3.8, 4) is 0 Å². The summed E-state index contributed by atoms with van der Waals surface area (Å²) in [7, 11) is 0. The highest BCUT2D eigenvalue weighted by Crippen LogP contribution is 2.14. The van der Waals surface area contributed by atoms with Gasteiger partial charge in [-0.1, -0.05) is 6.07 Å². The Morgan fingerprint density at radius 3 is 2.83 bits per heavy atom. The van der Waals surface area contributed by atoms with Crippen molar-refractivity contribution in [2.24, 2.45) is 0 Å². The highest BCUT2D eigenvalue weighted by Gasteiger charge is 2.23. The molecule has 0 amide bonds. The summed E-state index contributed by atoms with van der Waals surface area (Å²) < 4.78 is 2.08.